The van der Waals surface area contributed by atoms with Crippen LogP contribution in [-0.2, 0) is 4.74 Å². The van der Waals surface area contributed by atoms with Crippen molar-refractivity contribution in [2.24, 2.45) is 0 Å². The van der Waals surface area contributed by atoms with Gasteiger partial charge in [-0.15, -0.1) is 5.10 Å². The lowest BCUT2D eigenvalue weighted by Gasteiger charge is -2.04. The van der Waals surface area contributed by atoms with Gasteiger partial charge in [-0.3, -0.25) is 0 Å². The molecule has 0 saturated heterocycles. The largest absolute Gasteiger partial charge is 0.461 e. The van der Waals surface area contributed by atoms with Crippen LogP contribution >= 0.6 is 0 Å². The zero-order valence-electron chi connectivity index (χ0n) is 12.7. The van der Waals surface area contributed by atoms with E-state index in [0.717, 1.165) is 0 Å². The number of H-pyrrole nitrogens is 1. The summed E-state index contributed by atoms with van der Waals surface area (Å²) in [7, 11) is 0. The molecule has 122 valence electrons. The molecule has 0 aliphatic rings. The highest BCUT2D eigenvalue weighted by atomic mass is 16.5. The van der Waals surface area contributed by atoms with Crippen molar-refractivity contribution in [1.82, 2.24) is 15.4 Å². The van der Waals surface area contributed by atoms with E-state index in [1.165, 1.54) is 12.3 Å². The third-order valence-electron chi connectivity index (χ3n) is 3.08. The summed E-state index contributed by atoms with van der Waals surface area (Å²) in [5.41, 5.74) is 1.08. The second-order valence-corrected chi connectivity index (χ2v) is 4.63. The minimum atomic E-state index is -0.596. The average Bonchev–Trinajstić information content (AvgIpc) is 3.27. The zero-order valence-corrected chi connectivity index (χ0v) is 12.7. The average molecular weight is 327 g/mol. The van der Waals surface area contributed by atoms with Gasteiger partial charge in [0.1, 0.15) is 11.4 Å². The second kappa shape index (κ2) is 6.78. The zero-order chi connectivity index (χ0) is 16.9. The van der Waals surface area contributed by atoms with Crippen LogP contribution in [0.2, 0.25) is 0 Å². The lowest BCUT2D eigenvalue weighted by molar-refractivity contribution is 0.0520. The highest BCUT2D eigenvalue weighted by molar-refractivity contribution is 5.94. The van der Waals surface area contributed by atoms with E-state index in [2.05, 4.69) is 15.4 Å². The molecule has 3 aromatic rings. The number of benzene rings is 1. The van der Waals surface area contributed by atoms with Gasteiger partial charge in [0, 0.05) is 5.56 Å². The first-order chi connectivity index (χ1) is 11.7. The van der Waals surface area contributed by atoms with Gasteiger partial charge >= 0.3 is 11.9 Å². The molecule has 0 bridgehead atoms. The fourth-order valence-corrected chi connectivity index (χ4v) is 2.01. The molecule has 0 saturated carbocycles. The first kappa shape index (κ1) is 15.5. The Balaban J connectivity index is 1.77. The maximum atomic E-state index is 11.8. The summed E-state index contributed by atoms with van der Waals surface area (Å²) in [5, 5.41) is 10.2. The fourth-order valence-electron chi connectivity index (χ4n) is 2.01. The Morgan fingerprint density at radius 3 is 2.58 bits per heavy atom. The van der Waals surface area contributed by atoms with E-state index in [-0.39, 0.29) is 18.1 Å². The van der Waals surface area contributed by atoms with Crippen LogP contribution in [-0.4, -0.2) is 34.0 Å². The standard InChI is InChI=1S/C16H13N3O5/c1-2-22-16(21)14-13(17-19-18-14)10-5-7-11(8-6-10)24-15(20)12-4-3-9-23-12/h3-9H,2H2,1H3,(H,17,18,19). The summed E-state index contributed by atoms with van der Waals surface area (Å²) in [5.74, 6) is -0.711. The van der Waals surface area contributed by atoms with Crippen molar-refractivity contribution in [3.05, 3.63) is 54.1 Å². The van der Waals surface area contributed by atoms with Gasteiger partial charge in [0.2, 0.25) is 5.76 Å². The number of aromatic amines is 1. The number of carbonyl (C=O) groups is 2. The second-order valence-electron chi connectivity index (χ2n) is 4.63. The first-order valence-electron chi connectivity index (χ1n) is 7.13. The molecule has 0 unspecified atom stereocenters. The fraction of sp³-hybridized carbons (Fsp3) is 0.125. The van der Waals surface area contributed by atoms with Crippen molar-refractivity contribution in [2.75, 3.05) is 6.61 Å². The molecule has 0 amide bonds. The van der Waals surface area contributed by atoms with E-state index < -0.39 is 11.9 Å². The van der Waals surface area contributed by atoms with E-state index in [4.69, 9.17) is 13.9 Å². The molecule has 24 heavy (non-hydrogen) atoms. The molecule has 0 spiro atoms. The summed E-state index contributed by atoms with van der Waals surface area (Å²) >= 11 is 0. The van der Waals surface area contributed by atoms with Crippen LogP contribution in [0.3, 0.4) is 0 Å². The van der Waals surface area contributed by atoms with Crippen LogP contribution in [0.5, 0.6) is 5.75 Å². The van der Waals surface area contributed by atoms with Gasteiger partial charge in [0.25, 0.3) is 0 Å². The van der Waals surface area contributed by atoms with Crippen molar-refractivity contribution in [1.29, 1.82) is 0 Å². The molecular formula is C16H13N3O5. The third-order valence-corrected chi connectivity index (χ3v) is 3.08. The Bertz CT molecular complexity index is 837. The molecule has 0 aliphatic heterocycles. The van der Waals surface area contributed by atoms with Gasteiger partial charge < -0.3 is 13.9 Å². The van der Waals surface area contributed by atoms with E-state index >= 15 is 0 Å². The summed E-state index contributed by atoms with van der Waals surface area (Å²) in [6.07, 6.45) is 1.39. The van der Waals surface area contributed by atoms with Gasteiger partial charge in [0.15, 0.2) is 5.69 Å². The highest BCUT2D eigenvalue weighted by Crippen LogP contribution is 2.23. The smallest absolute Gasteiger partial charge is 0.379 e. The number of carbonyl (C=O) groups excluding carboxylic acids is 2. The Labute approximate surface area is 136 Å². The molecule has 1 N–H and O–H groups in total. The summed E-state index contributed by atoms with van der Waals surface area (Å²) in [6.45, 7) is 1.95. The molecule has 0 atom stereocenters. The van der Waals surface area contributed by atoms with Crippen molar-refractivity contribution < 1.29 is 23.5 Å². The minimum Gasteiger partial charge on any atom is -0.461 e. The van der Waals surface area contributed by atoms with E-state index in [1.54, 1.807) is 37.3 Å². The number of ether oxygens (including phenoxy) is 2. The maximum absolute atomic E-state index is 11.8. The Morgan fingerprint density at radius 2 is 1.92 bits per heavy atom. The van der Waals surface area contributed by atoms with Crippen molar-refractivity contribution in [2.45, 2.75) is 6.92 Å². The number of rotatable bonds is 5. The summed E-state index contributed by atoms with van der Waals surface area (Å²) < 4.78 is 15.1. The quantitative estimate of drug-likeness (QED) is 0.566. The predicted molar refractivity (Wildman–Crippen MR) is 81.4 cm³/mol. The number of furan rings is 1. The molecule has 8 nitrogen and oxygen atoms in total. The number of esters is 2. The number of nitrogens with one attached hydrogen (secondary N) is 1. The van der Waals surface area contributed by atoms with Crippen LogP contribution < -0.4 is 4.74 Å². The predicted octanol–water partition coefficient (Wildman–Crippen LogP) is 2.46. The molecule has 0 fully saturated rings. The normalized spacial score (nSPS) is 10.4. The maximum Gasteiger partial charge on any atom is 0.379 e. The van der Waals surface area contributed by atoms with Gasteiger partial charge in [-0.2, -0.15) is 10.3 Å². The van der Waals surface area contributed by atoms with Gasteiger partial charge in [-0.1, -0.05) is 0 Å². The lowest BCUT2D eigenvalue weighted by Crippen LogP contribution is -2.07. The van der Waals surface area contributed by atoms with Crippen molar-refractivity contribution in [3.8, 4) is 17.0 Å². The number of hydrogen-bond donors (Lipinski definition) is 1. The molecule has 8 heteroatoms. The Morgan fingerprint density at radius 1 is 1.12 bits per heavy atom. The number of nitrogens with zero attached hydrogens (tertiary/aromatic N) is 2. The van der Waals surface area contributed by atoms with Crippen LogP contribution in [0, 0.1) is 0 Å². The molecule has 3 rings (SSSR count). The highest BCUT2D eigenvalue weighted by Gasteiger charge is 2.19. The van der Waals surface area contributed by atoms with Crippen LogP contribution in [0.4, 0.5) is 0 Å². The first-order valence-corrected chi connectivity index (χ1v) is 7.13. The Hall–Kier alpha value is -3.42. The molecule has 0 aliphatic carbocycles. The summed E-state index contributed by atoms with van der Waals surface area (Å²) in [6, 6.07) is 9.59. The van der Waals surface area contributed by atoms with Gasteiger partial charge in [0.05, 0.1) is 12.9 Å². The van der Waals surface area contributed by atoms with E-state index in [1.807, 2.05) is 0 Å². The summed E-state index contributed by atoms with van der Waals surface area (Å²) in [4.78, 5) is 23.6. The molecule has 2 heterocycles. The SMILES string of the molecule is CCOC(=O)c1n[nH]nc1-c1ccc(OC(=O)c2ccco2)cc1. The molecule has 1 aromatic carbocycles. The Kier molecular flexibility index (Phi) is 4.37. The molecule has 0 radical (unpaired) electrons. The topological polar surface area (TPSA) is 107 Å². The minimum absolute atomic E-state index is 0.0946. The monoisotopic (exact) mass is 327 g/mol. The van der Waals surface area contributed by atoms with Crippen LogP contribution in [0.25, 0.3) is 11.3 Å². The van der Waals surface area contributed by atoms with Gasteiger partial charge in [-0.25, -0.2) is 9.59 Å². The number of aromatic nitrogens is 3. The van der Waals surface area contributed by atoms with E-state index in [0.29, 0.717) is 17.0 Å². The van der Waals surface area contributed by atoms with Crippen LogP contribution in [0.15, 0.2) is 47.1 Å². The van der Waals surface area contributed by atoms with Crippen molar-refractivity contribution >= 4 is 11.9 Å². The molecular weight excluding hydrogens is 314 g/mol. The lowest BCUT2D eigenvalue weighted by atomic mass is 10.1. The van der Waals surface area contributed by atoms with Gasteiger partial charge in [-0.05, 0) is 43.3 Å². The van der Waals surface area contributed by atoms with Crippen LogP contribution in [0.1, 0.15) is 28.0 Å². The molecule has 2 aromatic heterocycles. The van der Waals surface area contributed by atoms with Crippen molar-refractivity contribution in [3.63, 3.8) is 0 Å². The van der Waals surface area contributed by atoms with E-state index in [9.17, 15) is 9.59 Å². The third kappa shape index (κ3) is 3.17. The number of hydrogen-bond acceptors (Lipinski definition) is 7.